The molecule has 1 fully saturated rings. The molecule has 1 aliphatic heterocycles. The van der Waals surface area contributed by atoms with E-state index in [1.54, 1.807) is 0 Å². The summed E-state index contributed by atoms with van der Waals surface area (Å²) < 4.78 is 105. The quantitative estimate of drug-likeness (QED) is 0.557. The molecule has 188 valence electrons. The van der Waals surface area contributed by atoms with Crippen LogP contribution in [0, 0.1) is 5.82 Å². The summed E-state index contributed by atoms with van der Waals surface area (Å²) in [6.45, 7) is 0.530. The van der Waals surface area contributed by atoms with E-state index in [-0.39, 0.29) is 18.1 Å². The van der Waals surface area contributed by atoms with Crippen molar-refractivity contribution in [1.82, 2.24) is 20.8 Å². The maximum absolute atomic E-state index is 13.9. The first-order chi connectivity index (χ1) is 15.8. The van der Waals surface area contributed by atoms with Gasteiger partial charge in [-0.2, -0.15) is 26.3 Å². The van der Waals surface area contributed by atoms with Gasteiger partial charge in [-0.05, 0) is 25.0 Å². The van der Waals surface area contributed by atoms with Crippen LogP contribution in [0.15, 0.2) is 22.6 Å². The SMILES string of the molecule is CC(=O)N[C@H]1CC[C@H](c2nnc(OCCC(F)(F)F)o2)NC1Oc1ccc(C(F)(F)F)c(F)c1. The van der Waals surface area contributed by atoms with E-state index in [0.29, 0.717) is 18.6 Å². The molecule has 1 unspecified atom stereocenters. The van der Waals surface area contributed by atoms with Crippen LogP contribution in [-0.4, -0.2) is 41.2 Å². The van der Waals surface area contributed by atoms with Gasteiger partial charge in [-0.1, -0.05) is 5.10 Å². The molecule has 1 amide bonds. The summed E-state index contributed by atoms with van der Waals surface area (Å²) in [4.78, 5) is 11.5. The minimum atomic E-state index is -4.88. The van der Waals surface area contributed by atoms with Crippen LogP contribution in [0.1, 0.15) is 43.7 Å². The fourth-order valence-corrected chi connectivity index (χ4v) is 3.23. The van der Waals surface area contributed by atoms with Crippen molar-refractivity contribution in [3.8, 4) is 11.8 Å². The van der Waals surface area contributed by atoms with Gasteiger partial charge in [0.2, 0.25) is 11.8 Å². The van der Waals surface area contributed by atoms with Crippen molar-refractivity contribution in [2.24, 2.45) is 0 Å². The maximum Gasteiger partial charge on any atom is 0.419 e. The van der Waals surface area contributed by atoms with Crippen molar-refractivity contribution in [2.45, 2.75) is 56.9 Å². The Labute approximate surface area is 187 Å². The molecule has 1 aromatic heterocycles. The molecule has 0 spiro atoms. The number of piperidine rings is 1. The number of nitrogens with zero attached hydrogens (tertiary/aromatic N) is 2. The molecule has 1 aliphatic rings. The molecule has 3 atom stereocenters. The second-order valence-electron chi connectivity index (χ2n) is 7.40. The molecule has 34 heavy (non-hydrogen) atoms. The lowest BCUT2D eigenvalue weighted by molar-refractivity contribution is -0.141. The van der Waals surface area contributed by atoms with Gasteiger partial charge in [-0.15, -0.1) is 5.10 Å². The second kappa shape index (κ2) is 10.0. The number of carbonyl (C=O) groups is 1. The van der Waals surface area contributed by atoms with Crippen LogP contribution in [0.4, 0.5) is 30.7 Å². The van der Waals surface area contributed by atoms with Crippen LogP contribution < -0.4 is 20.1 Å². The number of nitrogens with one attached hydrogen (secondary N) is 2. The largest absolute Gasteiger partial charge is 0.473 e. The summed E-state index contributed by atoms with van der Waals surface area (Å²) in [5.74, 6) is -2.22. The lowest BCUT2D eigenvalue weighted by Gasteiger charge is -2.36. The molecular weight excluding hydrogens is 481 g/mol. The highest BCUT2D eigenvalue weighted by molar-refractivity contribution is 5.73. The predicted molar refractivity (Wildman–Crippen MR) is 99.0 cm³/mol. The molecule has 15 heteroatoms. The van der Waals surface area contributed by atoms with E-state index in [0.717, 1.165) is 6.07 Å². The van der Waals surface area contributed by atoms with Gasteiger partial charge in [-0.3, -0.25) is 10.1 Å². The average molecular weight is 500 g/mol. The summed E-state index contributed by atoms with van der Waals surface area (Å²) in [7, 11) is 0. The zero-order valence-electron chi connectivity index (χ0n) is 17.5. The summed E-state index contributed by atoms with van der Waals surface area (Å²) >= 11 is 0. The number of rotatable bonds is 7. The molecule has 0 saturated carbocycles. The highest BCUT2D eigenvalue weighted by Gasteiger charge is 2.37. The normalized spacial score (nSPS) is 21.2. The number of amides is 1. The van der Waals surface area contributed by atoms with Crippen LogP contribution in [0.3, 0.4) is 0 Å². The van der Waals surface area contributed by atoms with Gasteiger partial charge < -0.3 is 19.2 Å². The molecule has 0 radical (unpaired) electrons. The topological polar surface area (TPSA) is 98.5 Å². The van der Waals surface area contributed by atoms with E-state index in [1.165, 1.54) is 6.92 Å². The van der Waals surface area contributed by atoms with Crippen LogP contribution >= 0.6 is 0 Å². The third-order valence-corrected chi connectivity index (χ3v) is 4.73. The Kier molecular flexibility index (Phi) is 7.53. The van der Waals surface area contributed by atoms with Crippen LogP contribution in [-0.2, 0) is 11.0 Å². The first-order valence-corrected chi connectivity index (χ1v) is 9.91. The van der Waals surface area contributed by atoms with Crippen molar-refractivity contribution >= 4 is 5.91 Å². The van der Waals surface area contributed by atoms with E-state index < -0.39 is 67.1 Å². The lowest BCUT2D eigenvalue weighted by Crippen LogP contribution is -2.56. The number of carbonyl (C=O) groups excluding carboxylic acids is 1. The summed E-state index contributed by atoms with van der Waals surface area (Å²) in [5.41, 5.74) is -1.46. The number of benzene rings is 1. The number of alkyl halides is 6. The maximum atomic E-state index is 13.9. The number of hydrogen-bond acceptors (Lipinski definition) is 7. The van der Waals surface area contributed by atoms with E-state index in [2.05, 4.69) is 20.8 Å². The molecule has 1 saturated heterocycles. The molecule has 2 N–H and O–H groups in total. The van der Waals surface area contributed by atoms with Gasteiger partial charge in [-0.25, -0.2) is 4.39 Å². The first kappa shape index (κ1) is 25.5. The smallest absolute Gasteiger partial charge is 0.419 e. The molecule has 1 aromatic carbocycles. The van der Waals surface area contributed by atoms with Crippen LogP contribution in [0.25, 0.3) is 0 Å². The Balaban J connectivity index is 1.71. The molecular formula is C19H19F7N4O4. The fourth-order valence-electron chi connectivity index (χ4n) is 3.23. The molecule has 8 nitrogen and oxygen atoms in total. The standard InChI is InChI=1S/C19H19F7N4O4/c1-9(31)27-13-4-5-14(16-29-30-17(34-16)32-7-6-18(21,22)23)28-15(13)33-10-2-3-11(12(20)8-10)19(24,25)26/h2-3,8,13-15,28H,4-7H2,1H3,(H,27,31)/t13-,14+,15?/m0/s1. The zero-order valence-corrected chi connectivity index (χ0v) is 17.5. The lowest BCUT2D eigenvalue weighted by atomic mass is 9.98. The Morgan fingerprint density at radius 2 is 1.94 bits per heavy atom. The van der Waals surface area contributed by atoms with Gasteiger partial charge in [0, 0.05) is 13.0 Å². The van der Waals surface area contributed by atoms with Crippen molar-refractivity contribution in [3.63, 3.8) is 0 Å². The summed E-state index contributed by atoms with van der Waals surface area (Å²) in [5, 5.41) is 12.8. The highest BCUT2D eigenvalue weighted by atomic mass is 19.4. The zero-order chi connectivity index (χ0) is 25.1. The fraction of sp³-hybridized carbons (Fsp3) is 0.526. The van der Waals surface area contributed by atoms with E-state index in [9.17, 15) is 35.5 Å². The number of ether oxygens (including phenoxy) is 2. The highest BCUT2D eigenvalue weighted by Crippen LogP contribution is 2.34. The minimum Gasteiger partial charge on any atom is -0.473 e. The van der Waals surface area contributed by atoms with E-state index >= 15 is 0 Å². The average Bonchev–Trinajstić information content (AvgIpc) is 3.16. The van der Waals surface area contributed by atoms with Gasteiger partial charge in [0.05, 0.1) is 24.1 Å². The second-order valence-corrected chi connectivity index (χ2v) is 7.40. The molecule has 2 heterocycles. The minimum absolute atomic E-state index is 0.0458. The Morgan fingerprint density at radius 1 is 1.21 bits per heavy atom. The molecule has 2 aromatic rings. The van der Waals surface area contributed by atoms with Crippen molar-refractivity contribution in [1.29, 1.82) is 0 Å². The van der Waals surface area contributed by atoms with Crippen LogP contribution in [0.2, 0.25) is 0 Å². The number of hydrogen-bond donors (Lipinski definition) is 2. The monoisotopic (exact) mass is 500 g/mol. The Morgan fingerprint density at radius 3 is 2.56 bits per heavy atom. The van der Waals surface area contributed by atoms with Crippen molar-refractivity contribution < 1.29 is 49.4 Å². The summed E-state index contributed by atoms with van der Waals surface area (Å²) in [6, 6.07) is 0.687. The number of aromatic nitrogens is 2. The van der Waals surface area contributed by atoms with Crippen molar-refractivity contribution in [3.05, 3.63) is 35.5 Å². The van der Waals surface area contributed by atoms with Crippen molar-refractivity contribution in [2.75, 3.05) is 6.61 Å². The molecule has 0 bridgehead atoms. The Hall–Kier alpha value is -3.10. The van der Waals surface area contributed by atoms with Crippen LogP contribution in [0.5, 0.6) is 11.8 Å². The third kappa shape index (κ3) is 6.95. The van der Waals surface area contributed by atoms with E-state index in [1.807, 2.05) is 0 Å². The summed E-state index contributed by atoms with van der Waals surface area (Å²) in [6.07, 6.45) is -11.4. The van der Waals surface area contributed by atoms with E-state index in [4.69, 9.17) is 13.9 Å². The molecule has 0 aliphatic carbocycles. The third-order valence-electron chi connectivity index (χ3n) is 4.73. The van der Waals surface area contributed by atoms with Gasteiger partial charge >= 0.3 is 18.4 Å². The van der Waals surface area contributed by atoms with Gasteiger partial charge in [0.25, 0.3) is 0 Å². The first-order valence-electron chi connectivity index (χ1n) is 9.91. The predicted octanol–water partition coefficient (Wildman–Crippen LogP) is 3.89. The Bertz CT molecular complexity index is 996. The molecule has 3 rings (SSSR count). The van der Waals surface area contributed by atoms with Gasteiger partial charge in [0.15, 0.2) is 6.23 Å². The number of halogens is 7. The van der Waals surface area contributed by atoms with Gasteiger partial charge in [0.1, 0.15) is 18.2 Å².